The maximum absolute atomic E-state index is 12.7. The minimum Gasteiger partial charge on any atom is -0.522 e. The van der Waals surface area contributed by atoms with Gasteiger partial charge in [0.2, 0.25) is 24.1 Å². The van der Waals surface area contributed by atoms with Crippen molar-refractivity contribution >= 4 is 36.8 Å². The molecule has 2 unspecified atom stereocenters. The first-order valence-corrected chi connectivity index (χ1v) is 18.9. The molecule has 5 amide bonds. The van der Waals surface area contributed by atoms with Crippen LogP contribution in [0.5, 0.6) is 0 Å². The Bertz CT molecular complexity index is 919. The van der Waals surface area contributed by atoms with E-state index < -0.39 is 23.4 Å². The summed E-state index contributed by atoms with van der Waals surface area (Å²) in [5.74, 6) is 0.281. The molecule has 2 atom stereocenters. The van der Waals surface area contributed by atoms with Crippen molar-refractivity contribution in [2.45, 2.75) is 158 Å². The fraction of sp³-hybridized carbons (Fsp3) is 0.756. The summed E-state index contributed by atoms with van der Waals surface area (Å²) in [6, 6.07) is -0.809. The number of allylic oxidation sites excluding steroid dienone is 2. The molecular weight excluding hydrogens is 931 g/mol. The van der Waals surface area contributed by atoms with Gasteiger partial charge in [-0.15, -0.1) is 12.8 Å². The van der Waals surface area contributed by atoms with Gasteiger partial charge >= 0.3 is 0 Å². The van der Waals surface area contributed by atoms with E-state index in [1.807, 2.05) is 27.7 Å². The minimum absolute atomic E-state index is 0. The van der Waals surface area contributed by atoms with Crippen molar-refractivity contribution < 1.29 is 33.5 Å². The van der Waals surface area contributed by atoms with E-state index in [9.17, 15) is 28.8 Å². The molecule has 0 aliphatic rings. The van der Waals surface area contributed by atoms with Crippen LogP contribution in [0.15, 0.2) is 12.2 Å². The van der Waals surface area contributed by atoms with E-state index in [0.29, 0.717) is 31.7 Å². The molecule has 0 aromatic carbocycles. The number of nitrogens with one attached hydrogen (secondary N) is 5. The van der Waals surface area contributed by atoms with Gasteiger partial charge in [0.15, 0.2) is 0 Å². The average Bonchev–Trinajstić information content (AvgIpc) is 3.07. The van der Waals surface area contributed by atoms with E-state index in [2.05, 4.69) is 97.9 Å². The predicted molar refractivity (Wildman–Crippen MR) is 221 cm³/mol. The van der Waals surface area contributed by atoms with E-state index >= 15 is 0 Å². The van der Waals surface area contributed by atoms with Crippen LogP contribution in [0.3, 0.4) is 0 Å². The predicted octanol–water partition coefficient (Wildman–Crippen LogP) is 6.04. The molecule has 0 saturated heterocycles. The van der Waals surface area contributed by atoms with Crippen LogP contribution in [-0.2, 0) is 33.5 Å². The fourth-order valence-corrected chi connectivity index (χ4v) is 4.10. The van der Waals surface area contributed by atoms with Crippen LogP contribution in [0.25, 0.3) is 0 Å². The third-order valence-electron chi connectivity index (χ3n) is 6.48. The molecule has 5 N–H and O–H groups in total. The van der Waals surface area contributed by atoms with Crippen molar-refractivity contribution in [2.75, 3.05) is 27.3 Å². The summed E-state index contributed by atoms with van der Waals surface area (Å²) in [5, 5.41) is 12.7. The van der Waals surface area contributed by atoms with Crippen molar-refractivity contribution in [3.8, 4) is 12.8 Å². The summed E-state index contributed by atoms with van der Waals surface area (Å²) in [7, 11) is 3.25. The number of hydrogen-bond donors (Lipinski definition) is 5. The van der Waals surface area contributed by atoms with Crippen molar-refractivity contribution in [3.63, 3.8) is 0 Å². The number of terminal acetylenes is 1. The van der Waals surface area contributed by atoms with Gasteiger partial charge in [-0.3, -0.25) is 19.2 Å². The van der Waals surface area contributed by atoms with E-state index in [0.717, 1.165) is 25.0 Å². The van der Waals surface area contributed by atoms with Crippen molar-refractivity contribution in [2.24, 2.45) is 17.8 Å². The second-order valence-corrected chi connectivity index (χ2v) is 14.0. The third-order valence-corrected chi connectivity index (χ3v) is 6.48. The summed E-state index contributed by atoms with van der Waals surface area (Å²) in [6.45, 7) is 24.4. The Labute approximate surface area is 325 Å². The summed E-state index contributed by atoms with van der Waals surface area (Å²) in [4.78, 5) is 66.2. The molecular formula is C41H80FmN5O7-. The Balaban J connectivity index is -0.000000132. The maximum atomic E-state index is 12.7. The Morgan fingerprint density at radius 3 is 1.76 bits per heavy atom. The van der Waals surface area contributed by atoms with E-state index in [1.165, 1.54) is 38.5 Å². The Hall–Kier alpha value is -4.72. The molecule has 0 spiro atoms. The van der Waals surface area contributed by atoms with Gasteiger partial charge in [0.1, 0.15) is 17.9 Å². The van der Waals surface area contributed by atoms with Gasteiger partial charge in [-0.25, -0.2) is 0 Å². The summed E-state index contributed by atoms with van der Waals surface area (Å²) in [5.41, 5.74) is -1.13. The molecule has 0 fully saturated rings. The van der Waals surface area contributed by atoms with Crippen LogP contribution in [-0.4, -0.2) is 81.8 Å². The number of rotatable bonds is 22. The molecule has 0 rings (SSSR count). The summed E-state index contributed by atoms with van der Waals surface area (Å²) >= 11 is 0. The number of carbonyl (C=O) groups is 5. The van der Waals surface area contributed by atoms with Crippen LogP contribution >= 0.6 is 0 Å². The van der Waals surface area contributed by atoms with Gasteiger partial charge in [0.05, 0.1) is 6.54 Å². The number of carbonyl (C=O) groups excluding carboxylic acids is 6. The molecule has 54 heavy (non-hydrogen) atoms. The molecule has 0 saturated carbocycles. The molecule has 0 bridgehead atoms. The SMILES string of the molecule is C#C.C/C=C\CC.CC(C)CC(C)NC(=O)C(C)(C)NC(=O)C(CC(C)C)NC(=O)CN[C-]=O.CCCCCCC(C)C.COC.O=CCCNC=O.[Fm]. The van der Waals surface area contributed by atoms with Gasteiger partial charge in [-0.05, 0) is 64.7 Å². The smallest absolute Gasteiger partial charge is 0.245 e. The van der Waals surface area contributed by atoms with Crippen LogP contribution in [0.1, 0.15) is 141 Å². The van der Waals surface area contributed by atoms with Crippen molar-refractivity contribution in [3.05, 3.63) is 12.2 Å². The number of ether oxygens (including phenoxy) is 1. The van der Waals surface area contributed by atoms with E-state index in [-0.39, 0.29) is 24.4 Å². The zero-order valence-electron chi connectivity index (χ0n) is 36.3. The molecule has 0 radical (unpaired) electrons. The monoisotopic (exact) mass is 1010 g/mol. The molecule has 13 heteroatoms. The van der Waals surface area contributed by atoms with Gasteiger partial charge in [0, 0.05) is 33.2 Å². The minimum atomic E-state index is -1.13. The zero-order chi connectivity index (χ0) is 42.7. The molecule has 12 nitrogen and oxygen atoms in total. The number of hydrogen-bond acceptors (Lipinski definition) is 7. The normalized spacial score (nSPS) is 10.9. The Morgan fingerprint density at radius 1 is 0.852 bits per heavy atom. The van der Waals surface area contributed by atoms with Crippen LogP contribution in [0.2, 0.25) is 0 Å². The molecule has 0 aliphatic carbocycles. The van der Waals surface area contributed by atoms with E-state index in [1.54, 1.807) is 28.1 Å². The molecule has 0 aliphatic heterocycles. The second-order valence-electron chi connectivity index (χ2n) is 14.0. The Morgan fingerprint density at radius 2 is 1.39 bits per heavy atom. The van der Waals surface area contributed by atoms with Crippen LogP contribution in [0, 0.1) is 30.6 Å². The first-order valence-electron chi connectivity index (χ1n) is 18.9. The van der Waals surface area contributed by atoms with Crippen LogP contribution < -0.4 is 26.6 Å². The van der Waals surface area contributed by atoms with Gasteiger partial charge in [-0.2, -0.15) is 6.41 Å². The second kappa shape index (κ2) is 48.3. The maximum Gasteiger partial charge on any atom is 0.245 e. The largest absolute Gasteiger partial charge is 0.522 e. The first-order chi connectivity index (χ1) is 24.9. The molecule has 324 valence electrons. The first kappa shape index (κ1) is 64.3. The van der Waals surface area contributed by atoms with Gasteiger partial charge in [-0.1, -0.05) is 99.6 Å². The topological polar surface area (TPSA) is 172 Å². The van der Waals surface area contributed by atoms with Crippen molar-refractivity contribution in [1.29, 1.82) is 0 Å². The molecule has 0 heterocycles. The number of aldehydes is 1. The summed E-state index contributed by atoms with van der Waals surface area (Å²) in [6.07, 6.45) is 24.8. The van der Waals surface area contributed by atoms with E-state index in [4.69, 9.17) is 0 Å². The van der Waals surface area contributed by atoms with Gasteiger partial charge < -0.3 is 40.9 Å². The standard InChI is InChI=1S/C19H35N4O4.C9H20.C5H10.C4H7NO2.C2H6O.C2H2.Fm/c1-12(2)8-14(5)21-18(27)19(6,7)23-17(26)15(9-13(3)4)22-16(25)10-20-11-24;1-4-5-6-7-8-9(2)3;1-3-5-4-2;6-3-1-2-5-4-7;1-3-2;1-2;/h12-15H,8-10H2,1-7H3,(H,20,24)(H,21,27)(H,22,25)(H,23,26);9H,4-8H2,1-3H3;3,5H,4H2,1-2H3;3-4H,1-2H2,(H,5,7);1-2H3;1-2H;/q-1;;;;;;/b;;5-3-;;;;. The summed E-state index contributed by atoms with van der Waals surface area (Å²) < 4.78 is 4.25. The third kappa shape index (κ3) is 56.6. The molecule has 0 aromatic heterocycles. The molecule has 0 aromatic rings. The average molecular weight is 1010 g/mol. The fourth-order valence-electron chi connectivity index (χ4n) is 4.10. The number of amides is 5. The van der Waals surface area contributed by atoms with Crippen LogP contribution in [0.4, 0.5) is 0 Å². The zero-order valence-corrected chi connectivity index (χ0v) is 38.7. The number of unbranched alkanes of at least 4 members (excludes halogenated alkanes) is 3. The Kier molecular flexibility index (Phi) is 57.5. The van der Waals surface area contributed by atoms with Crippen molar-refractivity contribution in [1.82, 2.24) is 26.6 Å². The quantitative estimate of drug-likeness (QED) is 0.0220. The van der Waals surface area contributed by atoms with Gasteiger partial charge in [0.25, 0.3) is 0 Å². The number of methoxy groups -OCH3 is 1.